The fraction of sp³-hybridized carbons (Fsp3) is 0.368. The third-order valence-electron chi connectivity index (χ3n) is 4.25. The molecule has 2 heterocycles. The van der Waals surface area contributed by atoms with E-state index in [1.807, 2.05) is 35.2 Å². The van der Waals surface area contributed by atoms with Crippen LogP contribution in [0.15, 0.2) is 41.3 Å². The number of hydrogen-bond acceptors (Lipinski definition) is 3. The summed E-state index contributed by atoms with van der Waals surface area (Å²) < 4.78 is 0. The number of halogens is 2. The first kappa shape index (κ1) is 18.6. The predicted octanol–water partition coefficient (Wildman–Crippen LogP) is 5.55. The van der Waals surface area contributed by atoms with E-state index in [-0.39, 0.29) is 5.91 Å². The summed E-state index contributed by atoms with van der Waals surface area (Å²) in [6, 6.07) is 11.1. The molecule has 0 saturated carbocycles. The maximum absolute atomic E-state index is 12.7. The summed E-state index contributed by atoms with van der Waals surface area (Å²) in [5.74, 6) is 1.19. The number of benzene rings is 1. The van der Waals surface area contributed by atoms with Crippen molar-refractivity contribution in [3.63, 3.8) is 0 Å². The number of rotatable bonds is 4. The van der Waals surface area contributed by atoms with Crippen LogP contribution in [0.4, 0.5) is 0 Å². The van der Waals surface area contributed by atoms with Gasteiger partial charge in [-0.1, -0.05) is 42.3 Å². The molecule has 1 saturated heterocycles. The van der Waals surface area contributed by atoms with Gasteiger partial charge in [-0.25, -0.2) is 4.98 Å². The molecule has 1 aliphatic heterocycles. The van der Waals surface area contributed by atoms with Crippen molar-refractivity contribution in [3.8, 4) is 0 Å². The molecule has 0 N–H and O–H groups in total. The first-order valence-corrected chi connectivity index (χ1v) is 10.1. The fourth-order valence-corrected chi connectivity index (χ4v) is 4.57. The highest BCUT2D eigenvalue weighted by Gasteiger charge is 2.23. The van der Waals surface area contributed by atoms with Crippen molar-refractivity contribution in [1.82, 2.24) is 9.88 Å². The van der Waals surface area contributed by atoms with Crippen molar-refractivity contribution >= 4 is 40.9 Å². The zero-order valence-electron chi connectivity index (χ0n) is 14.0. The molecule has 6 heteroatoms. The normalized spacial score (nSPS) is 17.6. The zero-order chi connectivity index (χ0) is 17.8. The zero-order valence-corrected chi connectivity index (χ0v) is 16.4. The predicted molar refractivity (Wildman–Crippen MR) is 105 cm³/mol. The minimum Gasteiger partial charge on any atom is -0.337 e. The Morgan fingerprint density at radius 1 is 1.24 bits per heavy atom. The third kappa shape index (κ3) is 4.69. The van der Waals surface area contributed by atoms with E-state index in [9.17, 15) is 4.79 Å². The Bertz CT molecular complexity index is 749. The molecule has 2 aromatic rings. The Kier molecular flexibility index (Phi) is 6.26. The van der Waals surface area contributed by atoms with Gasteiger partial charge in [0, 0.05) is 23.7 Å². The SMILES string of the molecule is CC1CCCN(C(=O)c2cccc(CSc3c(Cl)cccc3Cl)n2)C1. The lowest BCUT2D eigenvalue weighted by molar-refractivity contribution is 0.0677. The van der Waals surface area contributed by atoms with Gasteiger partial charge in [-0.15, -0.1) is 11.8 Å². The molecule has 25 heavy (non-hydrogen) atoms. The van der Waals surface area contributed by atoms with Gasteiger partial charge in [0.25, 0.3) is 5.91 Å². The van der Waals surface area contributed by atoms with Gasteiger partial charge in [0.05, 0.1) is 15.7 Å². The summed E-state index contributed by atoms with van der Waals surface area (Å²) in [4.78, 5) is 20.0. The molecule has 1 unspecified atom stereocenters. The second-order valence-electron chi connectivity index (χ2n) is 6.35. The number of likely N-dealkylation sites (tertiary alicyclic amines) is 1. The molecule has 132 valence electrons. The molecular formula is C19H20Cl2N2OS. The Morgan fingerprint density at radius 2 is 1.96 bits per heavy atom. The summed E-state index contributed by atoms with van der Waals surface area (Å²) in [5, 5.41) is 1.26. The lowest BCUT2D eigenvalue weighted by atomic mass is 10.00. The molecule has 1 aromatic carbocycles. The molecule has 0 aliphatic carbocycles. The number of nitrogens with zero attached hydrogens (tertiary/aromatic N) is 2. The van der Waals surface area contributed by atoms with Crippen LogP contribution in [0.5, 0.6) is 0 Å². The van der Waals surface area contributed by atoms with E-state index in [2.05, 4.69) is 11.9 Å². The molecule has 1 aromatic heterocycles. The number of pyridine rings is 1. The minimum atomic E-state index is 0.0224. The van der Waals surface area contributed by atoms with Crippen LogP contribution in [-0.2, 0) is 5.75 Å². The van der Waals surface area contributed by atoms with Crippen molar-refractivity contribution in [1.29, 1.82) is 0 Å². The molecule has 0 radical (unpaired) electrons. The highest BCUT2D eigenvalue weighted by atomic mass is 35.5. The fourth-order valence-electron chi connectivity index (χ4n) is 2.98. The number of piperidine rings is 1. The molecule has 1 fully saturated rings. The van der Waals surface area contributed by atoms with Gasteiger partial charge in [0.1, 0.15) is 5.69 Å². The van der Waals surface area contributed by atoms with E-state index in [4.69, 9.17) is 23.2 Å². The van der Waals surface area contributed by atoms with Crippen LogP contribution in [0.25, 0.3) is 0 Å². The minimum absolute atomic E-state index is 0.0224. The first-order valence-electron chi connectivity index (χ1n) is 8.36. The maximum atomic E-state index is 12.7. The monoisotopic (exact) mass is 394 g/mol. The van der Waals surface area contributed by atoms with E-state index < -0.39 is 0 Å². The van der Waals surface area contributed by atoms with Gasteiger partial charge in [-0.2, -0.15) is 0 Å². The van der Waals surface area contributed by atoms with Gasteiger partial charge in [0.15, 0.2) is 0 Å². The highest BCUT2D eigenvalue weighted by molar-refractivity contribution is 7.98. The average molecular weight is 395 g/mol. The van der Waals surface area contributed by atoms with E-state index in [0.717, 1.165) is 30.1 Å². The van der Waals surface area contributed by atoms with Crippen LogP contribution < -0.4 is 0 Å². The second kappa shape index (κ2) is 8.43. The smallest absolute Gasteiger partial charge is 0.272 e. The Labute approximate surface area is 162 Å². The Morgan fingerprint density at radius 3 is 2.68 bits per heavy atom. The average Bonchev–Trinajstić information content (AvgIpc) is 2.61. The molecule has 3 rings (SSSR count). The van der Waals surface area contributed by atoms with Crippen molar-refractivity contribution in [3.05, 3.63) is 57.8 Å². The van der Waals surface area contributed by atoms with E-state index in [1.54, 1.807) is 6.07 Å². The van der Waals surface area contributed by atoms with Crippen LogP contribution in [0.2, 0.25) is 10.0 Å². The number of hydrogen-bond donors (Lipinski definition) is 0. The molecule has 0 spiro atoms. The largest absolute Gasteiger partial charge is 0.337 e. The van der Waals surface area contributed by atoms with Crippen LogP contribution in [0, 0.1) is 5.92 Å². The summed E-state index contributed by atoms with van der Waals surface area (Å²) in [5.41, 5.74) is 1.36. The van der Waals surface area contributed by atoms with Crippen molar-refractivity contribution in [2.75, 3.05) is 13.1 Å². The first-order chi connectivity index (χ1) is 12.0. The third-order valence-corrected chi connectivity index (χ3v) is 6.28. The van der Waals surface area contributed by atoms with Crippen molar-refractivity contribution in [2.24, 2.45) is 5.92 Å². The number of aromatic nitrogens is 1. The van der Waals surface area contributed by atoms with Gasteiger partial charge < -0.3 is 4.90 Å². The molecule has 1 atom stereocenters. The summed E-state index contributed by atoms with van der Waals surface area (Å²) >= 11 is 13.9. The molecule has 3 nitrogen and oxygen atoms in total. The van der Waals surface area contributed by atoms with Gasteiger partial charge in [-0.05, 0) is 43.0 Å². The standard InChI is InChI=1S/C19H20Cl2N2OS/c1-13-5-4-10-23(11-13)19(24)17-9-2-6-14(22-17)12-25-18-15(20)7-3-8-16(18)21/h2-3,6-9,13H,4-5,10-12H2,1H3. The summed E-state index contributed by atoms with van der Waals surface area (Å²) in [7, 11) is 0. The van der Waals surface area contributed by atoms with Crippen LogP contribution in [0.3, 0.4) is 0 Å². The van der Waals surface area contributed by atoms with Gasteiger partial charge in [0.2, 0.25) is 0 Å². The molecule has 1 aliphatic rings. The lowest BCUT2D eigenvalue weighted by Gasteiger charge is -2.30. The van der Waals surface area contributed by atoms with Crippen LogP contribution in [0.1, 0.15) is 35.9 Å². The molecule has 1 amide bonds. The van der Waals surface area contributed by atoms with Crippen LogP contribution in [-0.4, -0.2) is 28.9 Å². The van der Waals surface area contributed by atoms with Gasteiger partial charge >= 0.3 is 0 Å². The molecule has 0 bridgehead atoms. The maximum Gasteiger partial charge on any atom is 0.272 e. The summed E-state index contributed by atoms with van der Waals surface area (Å²) in [6.07, 6.45) is 2.25. The summed E-state index contributed by atoms with van der Waals surface area (Å²) in [6.45, 7) is 3.82. The van der Waals surface area contributed by atoms with Crippen molar-refractivity contribution in [2.45, 2.75) is 30.4 Å². The molecular weight excluding hydrogens is 375 g/mol. The number of carbonyl (C=O) groups is 1. The number of carbonyl (C=O) groups excluding carboxylic acids is 1. The van der Waals surface area contributed by atoms with E-state index >= 15 is 0 Å². The quantitative estimate of drug-likeness (QED) is 0.636. The number of amides is 1. The Balaban J connectivity index is 1.70. The van der Waals surface area contributed by atoms with Crippen molar-refractivity contribution < 1.29 is 4.79 Å². The topological polar surface area (TPSA) is 33.2 Å². The van der Waals surface area contributed by atoms with Gasteiger partial charge in [-0.3, -0.25) is 4.79 Å². The second-order valence-corrected chi connectivity index (χ2v) is 8.15. The lowest BCUT2D eigenvalue weighted by Crippen LogP contribution is -2.39. The van der Waals surface area contributed by atoms with E-state index in [0.29, 0.717) is 27.4 Å². The number of thioether (sulfide) groups is 1. The van der Waals surface area contributed by atoms with E-state index in [1.165, 1.54) is 18.2 Å². The highest BCUT2D eigenvalue weighted by Crippen LogP contribution is 2.35. The van der Waals surface area contributed by atoms with Crippen LogP contribution >= 0.6 is 35.0 Å². The Hall–Kier alpha value is -1.23.